The summed E-state index contributed by atoms with van der Waals surface area (Å²) in [6, 6.07) is 4.38. The lowest BCUT2D eigenvalue weighted by molar-refractivity contribution is -0.384. The van der Waals surface area contributed by atoms with Gasteiger partial charge in [0.05, 0.1) is 4.92 Å². The van der Waals surface area contributed by atoms with Crippen LogP contribution < -0.4 is 5.32 Å². The number of carboxylic acid groups (broad SMARTS) is 1. The van der Waals surface area contributed by atoms with E-state index >= 15 is 0 Å². The summed E-state index contributed by atoms with van der Waals surface area (Å²) in [5, 5.41) is 22.8. The molecule has 2 amide bonds. The van der Waals surface area contributed by atoms with Crippen LogP contribution >= 0.6 is 0 Å². The van der Waals surface area contributed by atoms with Gasteiger partial charge in [-0.15, -0.1) is 0 Å². The third-order valence-corrected chi connectivity index (χ3v) is 5.63. The fraction of sp³-hybridized carbons (Fsp3) is 0.526. The summed E-state index contributed by atoms with van der Waals surface area (Å²) in [6.45, 7) is 0.0783. The first-order valence-corrected chi connectivity index (χ1v) is 9.45. The van der Waals surface area contributed by atoms with E-state index in [1.54, 1.807) is 0 Å². The van der Waals surface area contributed by atoms with Crippen LogP contribution in [0, 0.1) is 16.0 Å². The number of hydrogen-bond donors (Lipinski definition) is 2. The molecule has 2 fully saturated rings. The lowest BCUT2D eigenvalue weighted by Crippen LogP contribution is -2.47. The molecule has 3 rings (SSSR count). The van der Waals surface area contributed by atoms with Gasteiger partial charge in [-0.25, -0.2) is 4.79 Å². The molecular weight excluding hydrogens is 366 g/mol. The first-order chi connectivity index (χ1) is 13.4. The van der Waals surface area contributed by atoms with Crippen LogP contribution in [0.2, 0.25) is 0 Å². The molecule has 2 N–H and O–H groups in total. The molecule has 1 aliphatic heterocycles. The quantitative estimate of drug-likeness (QED) is 0.565. The highest BCUT2D eigenvalue weighted by Crippen LogP contribution is 2.40. The van der Waals surface area contributed by atoms with Crippen LogP contribution in [0.1, 0.15) is 48.9 Å². The Morgan fingerprint density at radius 2 is 1.86 bits per heavy atom. The molecule has 3 unspecified atom stereocenters. The highest BCUT2D eigenvalue weighted by Gasteiger charge is 2.47. The van der Waals surface area contributed by atoms with Crippen LogP contribution in [-0.2, 0) is 9.59 Å². The molecule has 1 aromatic carbocycles. The molecule has 2 aliphatic rings. The Balaban J connectivity index is 1.56. The third-order valence-electron chi connectivity index (χ3n) is 5.63. The molecule has 1 heterocycles. The Hall–Kier alpha value is -2.97. The van der Waals surface area contributed by atoms with Crippen LogP contribution in [0.4, 0.5) is 5.69 Å². The third kappa shape index (κ3) is 4.13. The van der Waals surface area contributed by atoms with Crippen LogP contribution in [0.3, 0.4) is 0 Å². The molecule has 1 saturated heterocycles. The Morgan fingerprint density at radius 3 is 2.50 bits per heavy atom. The monoisotopic (exact) mass is 389 g/mol. The van der Waals surface area contributed by atoms with Crippen molar-refractivity contribution >= 4 is 23.5 Å². The van der Waals surface area contributed by atoms with E-state index in [0.29, 0.717) is 6.42 Å². The van der Waals surface area contributed by atoms with Crippen molar-refractivity contribution in [3.05, 3.63) is 39.9 Å². The predicted molar refractivity (Wildman–Crippen MR) is 98.7 cm³/mol. The number of nitro groups is 1. The summed E-state index contributed by atoms with van der Waals surface area (Å²) >= 11 is 0. The summed E-state index contributed by atoms with van der Waals surface area (Å²) in [4.78, 5) is 48.0. The number of benzene rings is 1. The number of carbonyl (C=O) groups is 3. The fourth-order valence-electron chi connectivity index (χ4n) is 4.29. The number of nitrogens with one attached hydrogen (secondary N) is 1. The molecule has 9 heteroatoms. The summed E-state index contributed by atoms with van der Waals surface area (Å²) in [6.07, 6.45) is 4.37. The van der Waals surface area contributed by atoms with Gasteiger partial charge in [0, 0.05) is 36.7 Å². The maximum absolute atomic E-state index is 12.7. The van der Waals surface area contributed by atoms with Crippen LogP contribution in [-0.4, -0.2) is 51.3 Å². The highest BCUT2D eigenvalue weighted by atomic mass is 16.6. The van der Waals surface area contributed by atoms with Gasteiger partial charge in [0.25, 0.3) is 11.6 Å². The van der Waals surface area contributed by atoms with E-state index in [1.165, 1.54) is 29.2 Å². The normalized spacial score (nSPS) is 23.7. The molecular formula is C19H23N3O6. The maximum atomic E-state index is 12.7. The molecule has 28 heavy (non-hydrogen) atoms. The lowest BCUT2D eigenvalue weighted by Gasteiger charge is -2.33. The number of aliphatic carboxylic acids is 1. The summed E-state index contributed by atoms with van der Waals surface area (Å²) in [7, 11) is 0. The molecule has 1 aliphatic carbocycles. The van der Waals surface area contributed by atoms with E-state index in [1.807, 2.05) is 0 Å². The van der Waals surface area contributed by atoms with E-state index < -0.39 is 22.8 Å². The van der Waals surface area contributed by atoms with Crippen molar-refractivity contribution in [3.63, 3.8) is 0 Å². The van der Waals surface area contributed by atoms with Crippen LogP contribution in [0.5, 0.6) is 0 Å². The Labute approximate surface area is 161 Å². The average Bonchev–Trinajstić information content (AvgIpc) is 3.08. The number of hydrogen-bond acceptors (Lipinski definition) is 5. The number of carboxylic acids is 1. The second-order valence-corrected chi connectivity index (χ2v) is 7.31. The van der Waals surface area contributed by atoms with E-state index in [0.717, 1.165) is 25.7 Å². The maximum Gasteiger partial charge on any atom is 0.326 e. The van der Waals surface area contributed by atoms with Crippen molar-refractivity contribution in [1.82, 2.24) is 10.2 Å². The van der Waals surface area contributed by atoms with Gasteiger partial charge >= 0.3 is 5.97 Å². The second-order valence-electron chi connectivity index (χ2n) is 7.31. The van der Waals surface area contributed by atoms with Gasteiger partial charge in [0.2, 0.25) is 5.91 Å². The number of nitrogens with zero attached hydrogens (tertiary/aromatic N) is 2. The van der Waals surface area contributed by atoms with Crippen molar-refractivity contribution in [2.24, 2.45) is 5.92 Å². The Bertz CT molecular complexity index is 778. The van der Waals surface area contributed by atoms with Gasteiger partial charge in [-0.3, -0.25) is 19.7 Å². The minimum absolute atomic E-state index is 0.0196. The number of amides is 2. The molecule has 0 spiro atoms. The van der Waals surface area contributed by atoms with Gasteiger partial charge in [0.15, 0.2) is 0 Å². The lowest BCUT2D eigenvalue weighted by atomic mass is 9.84. The largest absolute Gasteiger partial charge is 0.480 e. The van der Waals surface area contributed by atoms with Gasteiger partial charge in [-0.2, -0.15) is 0 Å². The van der Waals surface area contributed by atoms with Crippen LogP contribution in [0.25, 0.3) is 0 Å². The SMILES string of the molecule is O=C(NCCC(=O)N1C(C(=O)O)CC2CCCCC21)c1ccc([N+](=O)[O-])cc1. The number of likely N-dealkylation sites (tertiary alicyclic amines) is 1. The van der Waals surface area contributed by atoms with Crippen molar-refractivity contribution < 1.29 is 24.4 Å². The summed E-state index contributed by atoms with van der Waals surface area (Å²) < 4.78 is 0. The molecule has 0 radical (unpaired) electrons. The number of carbonyl (C=O) groups excluding carboxylic acids is 2. The molecule has 1 saturated carbocycles. The summed E-state index contributed by atoms with van der Waals surface area (Å²) in [5.41, 5.74) is 0.150. The Kier molecular flexibility index (Phi) is 5.91. The molecule has 150 valence electrons. The van der Waals surface area contributed by atoms with Crippen molar-refractivity contribution in [2.45, 2.75) is 50.6 Å². The van der Waals surface area contributed by atoms with E-state index in [2.05, 4.69) is 5.32 Å². The van der Waals surface area contributed by atoms with E-state index in [4.69, 9.17) is 0 Å². The van der Waals surface area contributed by atoms with Crippen LogP contribution in [0.15, 0.2) is 24.3 Å². The standard InChI is InChI=1S/C19H23N3O6/c23-17(21-15-4-2-1-3-13(15)11-16(21)19(25)26)9-10-20-18(24)12-5-7-14(8-6-12)22(27)28/h5-8,13,15-16H,1-4,9-11H2,(H,20,24)(H,25,26). The zero-order valence-corrected chi connectivity index (χ0v) is 15.4. The zero-order valence-electron chi connectivity index (χ0n) is 15.4. The fourth-order valence-corrected chi connectivity index (χ4v) is 4.29. The number of rotatable bonds is 6. The van der Waals surface area contributed by atoms with Gasteiger partial charge in [-0.05, 0) is 37.3 Å². The molecule has 3 atom stereocenters. The average molecular weight is 389 g/mol. The first-order valence-electron chi connectivity index (χ1n) is 9.45. The highest BCUT2D eigenvalue weighted by molar-refractivity contribution is 5.94. The predicted octanol–water partition coefficient (Wildman–Crippen LogP) is 1.96. The minimum Gasteiger partial charge on any atom is -0.480 e. The molecule has 9 nitrogen and oxygen atoms in total. The molecule has 1 aromatic rings. The number of non-ortho nitro benzene ring substituents is 1. The first kappa shape index (κ1) is 19.8. The van der Waals surface area contributed by atoms with Gasteiger partial charge < -0.3 is 15.3 Å². The second kappa shape index (κ2) is 8.37. The molecule has 0 bridgehead atoms. The zero-order chi connectivity index (χ0) is 20.3. The minimum atomic E-state index is -0.974. The van der Waals surface area contributed by atoms with Crippen molar-refractivity contribution in [3.8, 4) is 0 Å². The van der Waals surface area contributed by atoms with Gasteiger partial charge in [-0.1, -0.05) is 12.8 Å². The number of fused-ring (bicyclic) bond motifs is 1. The summed E-state index contributed by atoms with van der Waals surface area (Å²) in [5.74, 6) is -1.42. The van der Waals surface area contributed by atoms with E-state index in [9.17, 15) is 29.6 Å². The smallest absolute Gasteiger partial charge is 0.326 e. The van der Waals surface area contributed by atoms with E-state index in [-0.39, 0.29) is 42.1 Å². The topological polar surface area (TPSA) is 130 Å². The van der Waals surface area contributed by atoms with Crippen molar-refractivity contribution in [2.75, 3.05) is 6.54 Å². The molecule has 0 aromatic heterocycles. The number of nitro benzene ring substituents is 1. The van der Waals surface area contributed by atoms with Crippen molar-refractivity contribution in [1.29, 1.82) is 0 Å². The Morgan fingerprint density at radius 1 is 1.18 bits per heavy atom. The van der Waals surface area contributed by atoms with Gasteiger partial charge in [0.1, 0.15) is 6.04 Å².